The average Bonchev–Trinajstić information content (AvgIpc) is 2.86. The summed E-state index contributed by atoms with van der Waals surface area (Å²) in [6.07, 6.45) is 2.80. The van der Waals surface area contributed by atoms with Gasteiger partial charge in [-0.05, 0) is 13.3 Å². The smallest absolute Gasteiger partial charge is 0.315 e. The van der Waals surface area contributed by atoms with Crippen molar-refractivity contribution >= 4 is 6.03 Å². The second kappa shape index (κ2) is 5.18. The van der Waals surface area contributed by atoms with Crippen molar-refractivity contribution in [2.45, 2.75) is 25.9 Å². The summed E-state index contributed by atoms with van der Waals surface area (Å²) in [6.45, 7) is 3.77. The zero-order valence-electron chi connectivity index (χ0n) is 10.2. The molecule has 94 valence electrons. The van der Waals surface area contributed by atoms with Crippen LogP contribution in [0.2, 0.25) is 0 Å². The van der Waals surface area contributed by atoms with Crippen LogP contribution in [0.5, 0.6) is 0 Å². The fourth-order valence-electron chi connectivity index (χ4n) is 1.88. The Morgan fingerprint density at radius 2 is 2.53 bits per heavy atom. The van der Waals surface area contributed by atoms with Gasteiger partial charge in [0.25, 0.3) is 0 Å². The highest BCUT2D eigenvalue weighted by Crippen LogP contribution is 2.05. The zero-order chi connectivity index (χ0) is 12.3. The predicted molar refractivity (Wildman–Crippen MR) is 62.5 cm³/mol. The van der Waals surface area contributed by atoms with E-state index in [0.717, 1.165) is 24.3 Å². The summed E-state index contributed by atoms with van der Waals surface area (Å²) >= 11 is 0. The molecule has 6 nitrogen and oxygen atoms in total. The largest absolute Gasteiger partial charge is 0.379 e. The van der Waals surface area contributed by atoms with Crippen molar-refractivity contribution in [2.75, 3.05) is 13.2 Å². The van der Waals surface area contributed by atoms with Gasteiger partial charge in [-0.2, -0.15) is 5.10 Å². The molecule has 2 amide bonds. The number of rotatable bonds is 3. The van der Waals surface area contributed by atoms with E-state index in [2.05, 4.69) is 15.7 Å². The molecule has 17 heavy (non-hydrogen) atoms. The van der Waals surface area contributed by atoms with Gasteiger partial charge in [-0.1, -0.05) is 0 Å². The Morgan fingerprint density at radius 3 is 3.12 bits per heavy atom. The third kappa shape index (κ3) is 3.20. The first-order valence-electron chi connectivity index (χ1n) is 5.76. The summed E-state index contributed by atoms with van der Waals surface area (Å²) < 4.78 is 6.93. The van der Waals surface area contributed by atoms with Gasteiger partial charge in [0.05, 0.1) is 18.3 Å². The number of urea groups is 1. The average molecular weight is 238 g/mol. The standard InChI is InChI=1S/C11H18N4O2/c1-8-9(6-15(2)14-8)5-12-11(16)13-10-3-4-17-7-10/h6,10H,3-5,7H2,1-2H3,(H2,12,13,16). The van der Waals surface area contributed by atoms with Crippen LogP contribution in [0.4, 0.5) is 4.79 Å². The predicted octanol–water partition coefficient (Wildman–Crippen LogP) is 0.317. The van der Waals surface area contributed by atoms with E-state index in [1.54, 1.807) is 4.68 Å². The lowest BCUT2D eigenvalue weighted by Gasteiger charge is -2.11. The second-order valence-corrected chi connectivity index (χ2v) is 4.30. The van der Waals surface area contributed by atoms with Crippen molar-refractivity contribution in [1.29, 1.82) is 0 Å². The molecule has 0 radical (unpaired) electrons. The third-order valence-corrected chi connectivity index (χ3v) is 2.82. The molecule has 6 heteroatoms. The van der Waals surface area contributed by atoms with Crippen LogP contribution in [-0.2, 0) is 18.3 Å². The molecule has 1 aliphatic rings. The highest BCUT2D eigenvalue weighted by atomic mass is 16.5. The number of hydrogen-bond acceptors (Lipinski definition) is 3. The lowest BCUT2D eigenvalue weighted by molar-refractivity contribution is 0.188. The van der Waals surface area contributed by atoms with E-state index in [1.165, 1.54) is 0 Å². The lowest BCUT2D eigenvalue weighted by atomic mass is 10.2. The van der Waals surface area contributed by atoms with Gasteiger partial charge in [0.2, 0.25) is 0 Å². The van der Waals surface area contributed by atoms with Gasteiger partial charge in [0, 0.05) is 32.0 Å². The van der Waals surface area contributed by atoms with Gasteiger partial charge in [0.1, 0.15) is 0 Å². The van der Waals surface area contributed by atoms with Crippen LogP contribution >= 0.6 is 0 Å². The number of nitrogens with zero attached hydrogens (tertiary/aromatic N) is 2. The van der Waals surface area contributed by atoms with E-state index < -0.39 is 0 Å². The first-order chi connectivity index (χ1) is 8.15. The van der Waals surface area contributed by atoms with Crippen molar-refractivity contribution < 1.29 is 9.53 Å². The number of amides is 2. The molecule has 1 saturated heterocycles. The summed E-state index contributed by atoms with van der Waals surface area (Å²) in [7, 11) is 1.87. The molecule has 0 aliphatic carbocycles. The molecule has 0 aromatic carbocycles. The molecule has 2 heterocycles. The quantitative estimate of drug-likeness (QED) is 0.796. The first kappa shape index (κ1) is 11.9. The van der Waals surface area contributed by atoms with Crippen molar-refractivity contribution in [3.8, 4) is 0 Å². The summed E-state index contributed by atoms with van der Waals surface area (Å²) in [5.74, 6) is 0. The molecule has 1 unspecified atom stereocenters. The van der Waals surface area contributed by atoms with E-state index >= 15 is 0 Å². The molecule has 0 spiro atoms. The Bertz CT molecular complexity index is 396. The Hall–Kier alpha value is -1.56. The third-order valence-electron chi connectivity index (χ3n) is 2.82. The van der Waals surface area contributed by atoms with Crippen LogP contribution in [0.1, 0.15) is 17.7 Å². The number of aryl methyl sites for hydroxylation is 2. The highest BCUT2D eigenvalue weighted by molar-refractivity contribution is 5.74. The Balaban J connectivity index is 1.77. The molecule has 1 aliphatic heterocycles. The topological polar surface area (TPSA) is 68.2 Å². The molecular formula is C11H18N4O2. The van der Waals surface area contributed by atoms with Crippen LogP contribution in [0.3, 0.4) is 0 Å². The Morgan fingerprint density at radius 1 is 1.71 bits per heavy atom. The van der Waals surface area contributed by atoms with Gasteiger partial charge < -0.3 is 15.4 Å². The number of carbonyl (C=O) groups is 1. The molecule has 1 fully saturated rings. The fraction of sp³-hybridized carbons (Fsp3) is 0.636. The van der Waals surface area contributed by atoms with Gasteiger partial charge in [-0.3, -0.25) is 4.68 Å². The summed E-state index contributed by atoms with van der Waals surface area (Å²) in [6, 6.07) is -0.00579. The number of ether oxygens (including phenoxy) is 1. The minimum Gasteiger partial charge on any atom is -0.379 e. The number of nitrogens with one attached hydrogen (secondary N) is 2. The van der Waals surface area contributed by atoms with Crippen molar-refractivity contribution in [3.05, 3.63) is 17.5 Å². The molecule has 0 bridgehead atoms. The molecule has 1 aromatic heterocycles. The maximum atomic E-state index is 11.6. The van der Waals surface area contributed by atoms with Crippen LogP contribution in [0.15, 0.2) is 6.20 Å². The molecule has 2 N–H and O–H groups in total. The van der Waals surface area contributed by atoms with Crippen molar-refractivity contribution in [3.63, 3.8) is 0 Å². The van der Waals surface area contributed by atoms with Crippen LogP contribution in [0.25, 0.3) is 0 Å². The van der Waals surface area contributed by atoms with E-state index in [-0.39, 0.29) is 12.1 Å². The van der Waals surface area contributed by atoms with E-state index in [0.29, 0.717) is 13.2 Å². The second-order valence-electron chi connectivity index (χ2n) is 4.30. The Kier molecular flexibility index (Phi) is 3.63. The van der Waals surface area contributed by atoms with E-state index in [1.807, 2.05) is 20.2 Å². The molecule has 2 rings (SSSR count). The summed E-state index contributed by atoms with van der Waals surface area (Å²) in [5.41, 5.74) is 1.97. The first-order valence-corrected chi connectivity index (χ1v) is 5.76. The van der Waals surface area contributed by atoms with Crippen molar-refractivity contribution in [2.24, 2.45) is 7.05 Å². The Labute approximate surface area is 100 Å². The van der Waals surface area contributed by atoms with E-state index in [4.69, 9.17) is 4.74 Å². The summed E-state index contributed by atoms with van der Waals surface area (Å²) in [5, 5.41) is 9.91. The van der Waals surface area contributed by atoms with Gasteiger partial charge in [0.15, 0.2) is 0 Å². The number of carbonyl (C=O) groups excluding carboxylic acids is 1. The lowest BCUT2D eigenvalue weighted by Crippen LogP contribution is -2.42. The van der Waals surface area contributed by atoms with Gasteiger partial charge in [-0.15, -0.1) is 0 Å². The van der Waals surface area contributed by atoms with Crippen LogP contribution in [0, 0.1) is 6.92 Å². The van der Waals surface area contributed by atoms with Gasteiger partial charge in [-0.25, -0.2) is 4.79 Å². The highest BCUT2D eigenvalue weighted by Gasteiger charge is 2.17. The number of aromatic nitrogens is 2. The van der Waals surface area contributed by atoms with E-state index in [9.17, 15) is 4.79 Å². The zero-order valence-corrected chi connectivity index (χ0v) is 10.2. The van der Waals surface area contributed by atoms with Crippen LogP contribution in [-0.4, -0.2) is 35.1 Å². The molecular weight excluding hydrogens is 220 g/mol. The van der Waals surface area contributed by atoms with Gasteiger partial charge >= 0.3 is 6.03 Å². The SMILES string of the molecule is Cc1nn(C)cc1CNC(=O)NC1CCOC1. The minimum absolute atomic E-state index is 0.144. The maximum absolute atomic E-state index is 11.6. The fourth-order valence-corrected chi connectivity index (χ4v) is 1.88. The molecule has 1 aromatic rings. The van der Waals surface area contributed by atoms with Crippen LogP contribution < -0.4 is 10.6 Å². The summed E-state index contributed by atoms with van der Waals surface area (Å²) in [4.78, 5) is 11.6. The minimum atomic E-state index is -0.149. The molecule has 1 atom stereocenters. The monoisotopic (exact) mass is 238 g/mol. The maximum Gasteiger partial charge on any atom is 0.315 e. The number of hydrogen-bond donors (Lipinski definition) is 2. The molecule has 0 saturated carbocycles. The normalized spacial score (nSPS) is 19.3. The van der Waals surface area contributed by atoms with Crippen molar-refractivity contribution in [1.82, 2.24) is 20.4 Å².